The van der Waals surface area contributed by atoms with E-state index in [9.17, 15) is 4.79 Å². The van der Waals surface area contributed by atoms with Gasteiger partial charge in [-0.05, 0) is 23.8 Å². The average Bonchev–Trinajstić information content (AvgIpc) is 3.24. The van der Waals surface area contributed by atoms with Crippen molar-refractivity contribution in [1.29, 1.82) is 0 Å². The van der Waals surface area contributed by atoms with Crippen molar-refractivity contribution in [2.24, 2.45) is 0 Å². The molecule has 0 radical (unpaired) electrons. The maximum absolute atomic E-state index is 12.5. The minimum atomic E-state index is -0.233. The van der Waals surface area contributed by atoms with Crippen LogP contribution in [-0.2, 0) is 11.3 Å². The average molecular weight is 388 g/mol. The summed E-state index contributed by atoms with van der Waals surface area (Å²) in [6, 6.07) is 6.86. The van der Waals surface area contributed by atoms with Crippen LogP contribution >= 0.6 is 0 Å². The van der Waals surface area contributed by atoms with E-state index in [1.54, 1.807) is 51.8 Å². The first kappa shape index (κ1) is 19.8. The van der Waals surface area contributed by atoms with E-state index in [2.05, 4.69) is 10.3 Å². The van der Waals surface area contributed by atoms with Crippen LogP contribution in [0.4, 0.5) is 0 Å². The van der Waals surface area contributed by atoms with Gasteiger partial charge in [0.2, 0.25) is 11.6 Å². The van der Waals surface area contributed by atoms with E-state index in [0.29, 0.717) is 48.5 Å². The molecule has 8 nitrogen and oxygen atoms in total. The fraction of sp³-hybridized carbons (Fsp3) is 0.400. The minimum absolute atomic E-state index is 0.0231. The van der Waals surface area contributed by atoms with Crippen LogP contribution < -0.4 is 24.3 Å². The Labute approximate surface area is 163 Å². The zero-order valence-electron chi connectivity index (χ0n) is 16.2. The predicted molar refractivity (Wildman–Crippen MR) is 101 cm³/mol. The van der Waals surface area contributed by atoms with Crippen molar-refractivity contribution in [3.8, 4) is 23.1 Å². The zero-order valence-corrected chi connectivity index (χ0v) is 16.2. The van der Waals surface area contributed by atoms with Gasteiger partial charge in [0.25, 0.3) is 5.91 Å². The van der Waals surface area contributed by atoms with Gasteiger partial charge in [0, 0.05) is 30.8 Å². The van der Waals surface area contributed by atoms with E-state index in [-0.39, 0.29) is 12.0 Å². The highest BCUT2D eigenvalue weighted by Crippen LogP contribution is 2.38. The molecule has 1 aliphatic heterocycles. The summed E-state index contributed by atoms with van der Waals surface area (Å²) in [4.78, 5) is 16.7. The first-order valence-corrected chi connectivity index (χ1v) is 8.92. The number of carbonyl (C=O) groups is 1. The van der Waals surface area contributed by atoms with Crippen LogP contribution in [-0.4, -0.2) is 51.5 Å². The summed E-state index contributed by atoms with van der Waals surface area (Å²) >= 11 is 0. The molecule has 1 amide bonds. The highest BCUT2D eigenvalue weighted by molar-refractivity contribution is 5.94. The molecule has 0 bridgehead atoms. The molecule has 1 unspecified atom stereocenters. The third kappa shape index (κ3) is 4.64. The normalized spacial score (nSPS) is 15.8. The maximum atomic E-state index is 12.5. The number of nitrogens with zero attached hydrogens (tertiary/aromatic N) is 1. The first-order chi connectivity index (χ1) is 13.6. The van der Waals surface area contributed by atoms with Crippen LogP contribution in [0.3, 0.4) is 0 Å². The second-order valence-corrected chi connectivity index (χ2v) is 6.20. The summed E-state index contributed by atoms with van der Waals surface area (Å²) in [6.45, 7) is 1.52. The molecule has 8 heteroatoms. The Morgan fingerprint density at radius 1 is 1.18 bits per heavy atom. The van der Waals surface area contributed by atoms with E-state index in [0.717, 1.165) is 12.0 Å². The molecular formula is C20H24N2O6. The molecule has 1 saturated heterocycles. The maximum Gasteiger partial charge on any atom is 0.251 e. The molecule has 1 aromatic heterocycles. The molecule has 1 aromatic carbocycles. The van der Waals surface area contributed by atoms with Crippen molar-refractivity contribution >= 4 is 5.91 Å². The number of rotatable bonds is 8. The van der Waals surface area contributed by atoms with Crippen LogP contribution in [0.25, 0.3) is 0 Å². The number of carbonyl (C=O) groups excluding carboxylic acids is 1. The van der Waals surface area contributed by atoms with Crippen molar-refractivity contribution < 1.29 is 28.5 Å². The van der Waals surface area contributed by atoms with Gasteiger partial charge < -0.3 is 29.0 Å². The third-order valence-electron chi connectivity index (χ3n) is 4.35. The lowest BCUT2D eigenvalue weighted by Crippen LogP contribution is -2.23. The molecule has 3 rings (SSSR count). The fourth-order valence-electron chi connectivity index (χ4n) is 2.91. The van der Waals surface area contributed by atoms with E-state index in [1.807, 2.05) is 0 Å². The number of ether oxygens (including phenoxy) is 5. The molecule has 2 heterocycles. The van der Waals surface area contributed by atoms with E-state index < -0.39 is 0 Å². The Bertz CT molecular complexity index is 795. The quantitative estimate of drug-likeness (QED) is 0.742. The molecule has 0 saturated carbocycles. The summed E-state index contributed by atoms with van der Waals surface area (Å²) in [5.41, 5.74) is 1.29. The lowest BCUT2D eigenvalue weighted by atomic mass is 10.1. The molecule has 150 valence electrons. The molecule has 0 spiro atoms. The van der Waals surface area contributed by atoms with Crippen molar-refractivity contribution in [3.63, 3.8) is 0 Å². The topological polar surface area (TPSA) is 88.1 Å². The SMILES string of the molecule is COc1cc(CNC(=O)c2ccnc(OC3CCOC3)c2)cc(OC)c1OC. The Morgan fingerprint density at radius 3 is 2.54 bits per heavy atom. The molecule has 2 aromatic rings. The Kier molecular flexibility index (Phi) is 6.54. The molecule has 1 aliphatic rings. The van der Waals surface area contributed by atoms with Crippen LogP contribution in [0.2, 0.25) is 0 Å². The Morgan fingerprint density at radius 2 is 1.93 bits per heavy atom. The van der Waals surface area contributed by atoms with Gasteiger partial charge in [-0.1, -0.05) is 0 Å². The number of hydrogen-bond donors (Lipinski definition) is 1. The van der Waals surface area contributed by atoms with Gasteiger partial charge in [-0.25, -0.2) is 4.98 Å². The summed E-state index contributed by atoms with van der Waals surface area (Å²) in [5, 5.41) is 2.88. The number of hydrogen-bond acceptors (Lipinski definition) is 7. The summed E-state index contributed by atoms with van der Waals surface area (Å²) < 4.78 is 27.0. The first-order valence-electron chi connectivity index (χ1n) is 8.92. The largest absolute Gasteiger partial charge is 0.493 e. The van der Waals surface area contributed by atoms with Crippen molar-refractivity contribution in [3.05, 3.63) is 41.6 Å². The van der Waals surface area contributed by atoms with Gasteiger partial charge in [0.15, 0.2) is 11.5 Å². The summed E-state index contributed by atoms with van der Waals surface area (Å²) in [5.74, 6) is 1.75. The van der Waals surface area contributed by atoms with E-state index in [4.69, 9.17) is 23.7 Å². The number of aromatic nitrogens is 1. The van der Waals surface area contributed by atoms with Crippen molar-refractivity contribution in [2.45, 2.75) is 19.1 Å². The standard InChI is InChI=1S/C20H24N2O6/c1-24-16-8-13(9-17(25-2)19(16)26-3)11-22-20(23)14-4-6-21-18(10-14)28-15-5-7-27-12-15/h4,6,8-10,15H,5,7,11-12H2,1-3H3,(H,22,23). The predicted octanol–water partition coefficient (Wildman–Crippen LogP) is 2.21. The number of amides is 1. The Hall–Kier alpha value is -3.00. The van der Waals surface area contributed by atoms with Gasteiger partial charge in [0.1, 0.15) is 6.10 Å². The number of nitrogens with one attached hydrogen (secondary N) is 1. The second kappa shape index (κ2) is 9.27. The van der Waals surface area contributed by atoms with Gasteiger partial charge >= 0.3 is 0 Å². The van der Waals surface area contributed by atoms with Gasteiger partial charge in [-0.15, -0.1) is 0 Å². The third-order valence-corrected chi connectivity index (χ3v) is 4.35. The van der Waals surface area contributed by atoms with Crippen LogP contribution in [0.15, 0.2) is 30.5 Å². The monoisotopic (exact) mass is 388 g/mol. The Balaban J connectivity index is 1.67. The summed E-state index contributed by atoms with van der Waals surface area (Å²) in [6.07, 6.45) is 2.35. The molecule has 28 heavy (non-hydrogen) atoms. The van der Waals surface area contributed by atoms with Crippen LogP contribution in [0.1, 0.15) is 22.3 Å². The second-order valence-electron chi connectivity index (χ2n) is 6.20. The highest BCUT2D eigenvalue weighted by Gasteiger charge is 2.18. The molecule has 1 N–H and O–H groups in total. The molecule has 1 fully saturated rings. The molecule has 1 atom stereocenters. The number of pyridine rings is 1. The lowest BCUT2D eigenvalue weighted by molar-refractivity contribution is 0.0949. The van der Waals surface area contributed by atoms with Crippen LogP contribution in [0, 0.1) is 0 Å². The van der Waals surface area contributed by atoms with Crippen molar-refractivity contribution in [2.75, 3.05) is 34.5 Å². The van der Waals surface area contributed by atoms with E-state index >= 15 is 0 Å². The fourth-order valence-corrected chi connectivity index (χ4v) is 2.91. The minimum Gasteiger partial charge on any atom is -0.493 e. The zero-order chi connectivity index (χ0) is 19.9. The van der Waals surface area contributed by atoms with Crippen molar-refractivity contribution in [1.82, 2.24) is 10.3 Å². The number of methoxy groups -OCH3 is 3. The molecule has 0 aliphatic carbocycles. The van der Waals surface area contributed by atoms with Gasteiger partial charge in [0.05, 0.1) is 34.5 Å². The van der Waals surface area contributed by atoms with Gasteiger partial charge in [-0.2, -0.15) is 0 Å². The van der Waals surface area contributed by atoms with E-state index in [1.165, 1.54) is 0 Å². The number of benzene rings is 1. The smallest absolute Gasteiger partial charge is 0.251 e. The summed E-state index contributed by atoms with van der Waals surface area (Å²) in [7, 11) is 4.64. The van der Waals surface area contributed by atoms with Gasteiger partial charge in [-0.3, -0.25) is 4.79 Å². The van der Waals surface area contributed by atoms with Crippen LogP contribution in [0.5, 0.6) is 23.1 Å². The lowest BCUT2D eigenvalue weighted by Gasteiger charge is -2.15. The highest BCUT2D eigenvalue weighted by atomic mass is 16.6. The molecular weight excluding hydrogens is 364 g/mol.